The lowest BCUT2D eigenvalue weighted by Crippen LogP contribution is -2.30. The molecule has 0 aromatic heterocycles. The summed E-state index contributed by atoms with van der Waals surface area (Å²) in [7, 11) is 1.67. The first kappa shape index (κ1) is 13.7. The molecule has 0 saturated carbocycles. The Bertz CT molecular complexity index is 422. The summed E-state index contributed by atoms with van der Waals surface area (Å²) >= 11 is 3.34. The second-order valence-corrected chi connectivity index (χ2v) is 4.75. The van der Waals surface area contributed by atoms with E-state index in [1.807, 2.05) is 31.2 Å². The van der Waals surface area contributed by atoms with Crippen molar-refractivity contribution in [3.63, 3.8) is 0 Å². The van der Waals surface area contributed by atoms with Gasteiger partial charge < -0.3 is 4.90 Å². The second kappa shape index (κ2) is 6.41. The number of amides is 1. The lowest BCUT2D eigenvalue weighted by Gasteiger charge is -2.23. The molecule has 90 valence electrons. The Balaban J connectivity index is 2.88. The summed E-state index contributed by atoms with van der Waals surface area (Å²) < 4.78 is 0.959. The van der Waals surface area contributed by atoms with Gasteiger partial charge in [-0.15, -0.1) is 0 Å². The molecule has 1 unspecified atom stereocenters. The zero-order valence-electron chi connectivity index (χ0n) is 9.98. The minimum absolute atomic E-state index is 0.00182. The summed E-state index contributed by atoms with van der Waals surface area (Å²) in [5.41, 5.74) is 0.836. The number of rotatable bonds is 4. The lowest BCUT2D eigenvalue weighted by atomic mass is 10.1. The highest BCUT2D eigenvalue weighted by Crippen LogP contribution is 2.21. The third-order valence-corrected chi connectivity index (χ3v) is 3.08. The molecule has 3 nitrogen and oxygen atoms in total. The summed E-state index contributed by atoms with van der Waals surface area (Å²) in [5.74, 6) is 0.00182. The Kier molecular flexibility index (Phi) is 5.17. The molecule has 4 heteroatoms. The first-order chi connectivity index (χ1) is 8.10. The van der Waals surface area contributed by atoms with E-state index >= 15 is 0 Å². The fourth-order valence-corrected chi connectivity index (χ4v) is 1.83. The molecular formula is C13H15BrN2O. The van der Waals surface area contributed by atoms with Gasteiger partial charge in [-0.1, -0.05) is 35.0 Å². The molecule has 0 fully saturated rings. The van der Waals surface area contributed by atoms with E-state index in [0.717, 1.165) is 16.5 Å². The SMILES string of the molecule is CCCC(=O)N(C)C(C#N)c1ccc(Br)cc1. The molecule has 0 aliphatic rings. The van der Waals surface area contributed by atoms with Crippen LogP contribution in [0.1, 0.15) is 31.4 Å². The van der Waals surface area contributed by atoms with Crippen LogP contribution in [0.3, 0.4) is 0 Å². The number of nitriles is 1. The number of carbonyl (C=O) groups is 1. The molecule has 1 aromatic rings. The molecular weight excluding hydrogens is 280 g/mol. The van der Waals surface area contributed by atoms with Crippen LogP contribution in [0.5, 0.6) is 0 Å². The van der Waals surface area contributed by atoms with Gasteiger partial charge in [0.05, 0.1) is 6.07 Å². The largest absolute Gasteiger partial charge is 0.326 e. The quantitative estimate of drug-likeness (QED) is 0.855. The predicted molar refractivity (Wildman–Crippen MR) is 70.2 cm³/mol. The van der Waals surface area contributed by atoms with Crippen molar-refractivity contribution in [2.75, 3.05) is 7.05 Å². The van der Waals surface area contributed by atoms with Crippen LogP contribution in [0.15, 0.2) is 28.7 Å². The highest BCUT2D eigenvalue weighted by atomic mass is 79.9. The van der Waals surface area contributed by atoms with E-state index in [2.05, 4.69) is 22.0 Å². The van der Waals surface area contributed by atoms with E-state index < -0.39 is 6.04 Å². The molecule has 1 amide bonds. The molecule has 0 aliphatic heterocycles. The number of halogens is 1. The average Bonchev–Trinajstić information content (AvgIpc) is 2.32. The molecule has 1 aromatic carbocycles. The number of hydrogen-bond donors (Lipinski definition) is 0. The number of nitrogens with zero attached hydrogens (tertiary/aromatic N) is 2. The Morgan fingerprint density at radius 2 is 2.06 bits per heavy atom. The predicted octanol–water partition coefficient (Wildman–Crippen LogP) is 3.27. The maximum absolute atomic E-state index is 11.7. The van der Waals surface area contributed by atoms with Gasteiger partial charge in [-0.25, -0.2) is 0 Å². The van der Waals surface area contributed by atoms with Crippen molar-refractivity contribution in [3.8, 4) is 6.07 Å². The second-order valence-electron chi connectivity index (χ2n) is 3.84. The van der Waals surface area contributed by atoms with Gasteiger partial charge >= 0.3 is 0 Å². The summed E-state index contributed by atoms with van der Waals surface area (Å²) in [4.78, 5) is 13.3. The Labute approximate surface area is 110 Å². The topological polar surface area (TPSA) is 44.1 Å². The minimum Gasteiger partial charge on any atom is -0.326 e. The zero-order valence-corrected chi connectivity index (χ0v) is 11.6. The molecule has 0 spiro atoms. The van der Waals surface area contributed by atoms with Crippen LogP contribution >= 0.6 is 15.9 Å². The fourth-order valence-electron chi connectivity index (χ4n) is 1.56. The summed E-state index contributed by atoms with van der Waals surface area (Å²) in [5, 5.41) is 9.18. The van der Waals surface area contributed by atoms with E-state index in [9.17, 15) is 10.1 Å². The van der Waals surface area contributed by atoms with Gasteiger partial charge in [-0.3, -0.25) is 4.79 Å². The van der Waals surface area contributed by atoms with Gasteiger partial charge in [0.15, 0.2) is 0 Å². The summed E-state index contributed by atoms with van der Waals surface area (Å²) in [6, 6.07) is 9.11. The molecule has 1 rings (SSSR count). The van der Waals surface area contributed by atoms with Crippen LogP contribution in [-0.2, 0) is 4.79 Å². The zero-order chi connectivity index (χ0) is 12.8. The van der Waals surface area contributed by atoms with Crippen molar-refractivity contribution in [2.45, 2.75) is 25.8 Å². The molecule has 0 aliphatic carbocycles. The van der Waals surface area contributed by atoms with Gasteiger partial charge in [0.2, 0.25) is 5.91 Å². The van der Waals surface area contributed by atoms with Crippen LogP contribution in [0.25, 0.3) is 0 Å². The van der Waals surface area contributed by atoms with Crippen LogP contribution in [0.4, 0.5) is 0 Å². The fraction of sp³-hybridized carbons (Fsp3) is 0.385. The number of carbonyl (C=O) groups excluding carboxylic acids is 1. The van der Waals surface area contributed by atoms with E-state index in [0.29, 0.717) is 6.42 Å². The van der Waals surface area contributed by atoms with Gasteiger partial charge in [0.1, 0.15) is 6.04 Å². The van der Waals surface area contributed by atoms with Gasteiger partial charge in [-0.05, 0) is 24.1 Å². The smallest absolute Gasteiger partial charge is 0.223 e. The molecule has 0 bridgehead atoms. The Morgan fingerprint density at radius 3 is 2.53 bits per heavy atom. The van der Waals surface area contributed by atoms with Crippen LogP contribution in [-0.4, -0.2) is 17.9 Å². The maximum atomic E-state index is 11.7. The molecule has 0 N–H and O–H groups in total. The molecule has 17 heavy (non-hydrogen) atoms. The first-order valence-corrected chi connectivity index (χ1v) is 6.30. The summed E-state index contributed by atoms with van der Waals surface area (Å²) in [6.45, 7) is 1.95. The number of hydrogen-bond acceptors (Lipinski definition) is 2. The first-order valence-electron chi connectivity index (χ1n) is 5.51. The van der Waals surface area contributed by atoms with Crippen LogP contribution in [0, 0.1) is 11.3 Å². The van der Waals surface area contributed by atoms with Crippen molar-refractivity contribution in [2.24, 2.45) is 0 Å². The van der Waals surface area contributed by atoms with E-state index in [-0.39, 0.29) is 5.91 Å². The van der Waals surface area contributed by atoms with Crippen molar-refractivity contribution in [1.82, 2.24) is 4.90 Å². The lowest BCUT2D eigenvalue weighted by molar-refractivity contribution is -0.131. The van der Waals surface area contributed by atoms with Crippen molar-refractivity contribution < 1.29 is 4.79 Å². The van der Waals surface area contributed by atoms with Gasteiger partial charge in [0, 0.05) is 17.9 Å². The summed E-state index contributed by atoms with van der Waals surface area (Å²) in [6.07, 6.45) is 1.27. The monoisotopic (exact) mass is 294 g/mol. The van der Waals surface area contributed by atoms with Crippen LogP contribution in [0.2, 0.25) is 0 Å². The third-order valence-electron chi connectivity index (χ3n) is 2.55. The van der Waals surface area contributed by atoms with Gasteiger partial charge in [-0.2, -0.15) is 5.26 Å². The maximum Gasteiger partial charge on any atom is 0.223 e. The van der Waals surface area contributed by atoms with Crippen LogP contribution < -0.4 is 0 Å². The molecule has 0 radical (unpaired) electrons. The van der Waals surface area contributed by atoms with Crippen molar-refractivity contribution in [3.05, 3.63) is 34.3 Å². The van der Waals surface area contributed by atoms with E-state index in [4.69, 9.17) is 0 Å². The average molecular weight is 295 g/mol. The normalized spacial score (nSPS) is 11.6. The Hall–Kier alpha value is -1.34. The standard InChI is InChI=1S/C13H15BrN2O/c1-3-4-13(17)16(2)12(9-15)10-5-7-11(14)8-6-10/h5-8,12H,3-4H2,1-2H3. The van der Waals surface area contributed by atoms with Crippen molar-refractivity contribution in [1.29, 1.82) is 5.26 Å². The minimum atomic E-state index is -0.512. The highest BCUT2D eigenvalue weighted by Gasteiger charge is 2.20. The molecule has 1 atom stereocenters. The highest BCUT2D eigenvalue weighted by molar-refractivity contribution is 9.10. The van der Waals surface area contributed by atoms with Gasteiger partial charge in [0.25, 0.3) is 0 Å². The van der Waals surface area contributed by atoms with E-state index in [1.54, 1.807) is 7.05 Å². The molecule has 0 heterocycles. The van der Waals surface area contributed by atoms with Crippen molar-refractivity contribution >= 4 is 21.8 Å². The van der Waals surface area contributed by atoms with E-state index in [1.165, 1.54) is 4.90 Å². The molecule has 0 saturated heterocycles. The Morgan fingerprint density at radius 1 is 1.47 bits per heavy atom. The third kappa shape index (κ3) is 3.57. The number of benzene rings is 1.